The molecule has 0 amide bonds. The maximum Gasteiger partial charge on any atom is 0.310 e. The summed E-state index contributed by atoms with van der Waals surface area (Å²) in [4.78, 5) is 13.2. The van der Waals surface area contributed by atoms with Crippen molar-refractivity contribution >= 4 is 5.97 Å². The van der Waals surface area contributed by atoms with Crippen LogP contribution >= 0.6 is 0 Å². The molecule has 0 spiro atoms. The highest BCUT2D eigenvalue weighted by atomic mass is 19.1. The van der Waals surface area contributed by atoms with Crippen molar-refractivity contribution in [2.24, 2.45) is 11.8 Å². The number of hydrogen-bond acceptors (Lipinski definition) is 3. The third-order valence-corrected chi connectivity index (χ3v) is 2.59. The lowest BCUT2D eigenvalue weighted by molar-refractivity contribution is -0.146. The highest BCUT2D eigenvalue weighted by molar-refractivity contribution is 5.73. The maximum atomic E-state index is 12.0. The van der Waals surface area contributed by atoms with Gasteiger partial charge in [-0.3, -0.25) is 9.69 Å². The number of carbonyl (C=O) groups is 1. The van der Waals surface area contributed by atoms with Gasteiger partial charge >= 0.3 is 5.97 Å². The first-order valence-corrected chi connectivity index (χ1v) is 4.55. The summed E-state index contributed by atoms with van der Waals surface area (Å²) < 4.78 is 16.7. The lowest BCUT2D eigenvalue weighted by Gasteiger charge is -2.12. The Hall–Kier alpha value is -0.640. The van der Waals surface area contributed by atoms with E-state index in [4.69, 9.17) is 0 Å². The first-order valence-electron chi connectivity index (χ1n) is 4.55. The summed E-state index contributed by atoms with van der Waals surface area (Å²) in [6.07, 6.45) is 0. The summed E-state index contributed by atoms with van der Waals surface area (Å²) in [5.74, 6) is 0.0319. The molecule has 2 atom stereocenters. The van der Waals surface area contributed by atoms with E-state index in [-0.39, 0.29) is 24.5 Å². The van der Waals surface area contributed by atoms with Crippen LogP contribution in [-0.4, -0.2) is 44.3 Å². The van der Waals surface area contributed by atoms with Crippen molar-refractivity contribution in [1.29, 1.82) is 0 Å². The van der Waals surface area contributed by atoms with Gasteiger partial charge in [-0.25, -0.2) is 4.39 Å². The number of rotatable bonds is 3. The molecule has 13 heavy (non-hydrogen) atoms. The van der Waals surface area contributed by atoms with Crippen LogP contribution in [0.3, 0.4) is 0 Å². The van der Waals surface area contributed by atoms with Crippen LogP contribution < -0.4 is 0 Å². The Balaban J connectivity index is 2.46. The number of ether oxygens (including phenoxy) is 1. The van der Waals surface area contributed by atoms with Gasteiger partial charge in [0.2, 0.25) is 0 Å². The highest BCUT2D eigenvalue weighted by Gasteiger charge is 2.34. The van der Waals surface area contributed by atoms with Gasteiger partial charge in [-0.1, -0.05) is 6.92 Å². The Bertz CT molecular complexity index is 186. The van der Waals surface area contributed by atoms with Crippen LogP contribution in [0, 0.1) is 11.8 Å². The Morgan fingerprint density at radius 2 is 2.31 bits per heavy atom. The Morgan fingerprint density at radius 1 is 1.62 bits per heavy atom. The molecule has 3 nitrogen and oxygen atoms in total. The minimum Gasteiger partial charge on any atom is -0.469 e. The summed E-state index contributed by atoms with van der Waals surface area (Å²) in [6.45, 7) is 3.51. The van der Waals surface area contributed by atoms with E-state index in [1.54, 1.807) is 0 Å². The van der Waals surface area contributed by atoms with Crippen LogP contribution in [0.1, 0.15) is 6.92 Å². The van der Waals surface area contributed by atoms with E-state index < -0.39 is 0 Å². The zero-order valence-electron chi connectivity index (χ0n) is 8.12. The normalized spacial score (nSPS) is 29.2. The van der Waals surface area contributed by atoms with Crippen molar-refractivity contribution in [3.05, 3.63) is 0 Å². The van der Waals surface area contributed by atoms with E-state index in [1.165, 1.54) is 7.11 Å². The van der Waals surface area contributed by atoms with Crippen LogP contribution in [0.5, 0.6) is 0 Å². The van der Waals surface area contributed by atoms with Gasteiger partial charge in [0.25, 0.3) is 0 Å². The molecule has 2 unspecified atom stereocenters. The number of esters is 1. The smallest absolute Gasteiger partial charge is 0.310 e. The van der Waals surface area contributed by atoms with Gasteiger partial charge in [-0.2, -0.15) is 0 Å². The predicted octanol–water partition coefficient (Wildman–Crippen LogP) is 0.697. The average Bonchev–Trinajstić information content (AvgIpc) is 2.46. The zero-order valence-corrected chi connectivity index (χ0v) is 8.12. The molecular formula is C9H16FNO2. The van der Waals surface area contributed by atoms with E-state index in [2.05, 4.69) is 4.74 Å². The largest absolute Gasteiger partial charge is 0.469 e. The molecule has 0 saturated carbocycles. The second-order valence-corrected chi connectivity index (χ2v) is 3.56. The minimum absolute atomic E-state index is 0.0726. The third kappa shape index (κ3) is 2.40. The summed E-state index contributed by atoms with van der Waals surface area (Å²) in [5, 5.41) is 0. The van der Waals surface area contributed by atoms with Gasteiger partial charge < -0.3 is 4.74 Å². The topological polar surface area (TPSA) is 29.5 Å². The van der Waals surface area contributed by atoms with Crippen molar-refractivity contribution in [3.8, 4) is 0 Å². The molecule has 4 heteroatoms. The summed E-state index contributed by atoms with van der Waals surface area (Å²) in [5.41, 5.74) is 0. The van der Waals surface area contributed by atoms with Gasteiger partial charge in [-0.05, 0) is 5.92 Å². The molecule has 1 rings (SSSR count). The fraction of sp³-hybridized carbons (Fsp3) is 0.889. The van der Waals surface area contributed by atoms with Crippen molar-refractivity contribution in [1.82, 2.24) is 4.90 Å². The number of halogens is 1. The number of hydrogen-bond donors (Lipinski definition) is 0. The Labute approximate surface area is 77.9 Å². The van der Waals surface area contributed by atoms with Crippen LogP contribution in [-0.2, 0) is 9.53 Å². The van der Waals surface area contributed by atoms with Crippen molar-refractivity contribution in [3.63, 3.8) is 0 Å². The Kier molecular flexibility index (Phi) is 3.66. The first kappa shape index (κ1) is 10.4. The minimum atomic E-state index is -0.347. The van der Waals surface area contributed by atoms with E-state index in [9.17, 15) is 9.18 Å². The van der Waals surface area contributed by atoms with Gasteiger partial charge in [0.15, 0.2) is 0 Å². The standard InChI is InChI=1S/C9H16FNO2/c1-7-5-11(4-3-10)6-8(7)9(12)13-2/h7-8H,3-6H2,1-2H3. The lowest BCUT2D eigenvalue weighted by atomic mass is 9.99. The molecule has 0 N–H and O–H groups in total. The number of methoxy groups -OCH3 is 1. The summed E-state index contributed by atoms with van der Waals surface area (Å²) in [7, 11) is 1.40. The summed E-state index contributed by atoms with van der Waals surface area (Å²) >= 11 is 0. The predicted molar refractivity (Wildman–Crippen MR) is 47.1 cm³/mol. The van der Waals surface area contributed by atoms with Crippen molar-refractivity contribution < 1.29 is 13.9 Å². The molecule has 1 heterocycles. The quantitative estimate of drug-likeness (QED) is 0.612. The third-order valence-electron chi connectivity index (χ3n) is 2.59. The SMILES string of the molecule is COC(=O)C1CN(CCF)CC1C. The molecule has 0 bridgehead atoms. The van der Waals surface area contributed by atoms with Crippen LogP contribution in [0.25, 0.3) is 0 Å². The zero-order chi connectivity index (χ0) is 9.84. The van der Waals surface area contributed by atoms with E-state index in [0.29, 0.717) is 13.1 Å². The van der Waals surface area contributed by atoms with Gasteiger partial charge in [-0.15, -0.1) is 0 Å². The molecule has 0 aliphatic carbocycles. The second kappa shape index (κ2) is 4.56. The van der Waals surface area contributed by atoms with Gasteiger partial charge in [0.05, 0.1) is 13.0 Å². The number of likely N-dealkylation sites (tertiary alicyclic amines) is 1. The lowest BCUT2D eigenvalue weighted by Crippen LogP contribution is -2.25. The average molecular weight is 189 g/mol. The highest BCUT2D eigenvalue weighted by Crippen LogP contribution is 2.23. The van der Waals surface area contributed by atoms with E-state index in [0.717, 1.165) is 6.54 Å². The second-order valence-electron chi connectivity index (χ2n) is 3.56. The molecule has 1 fully saturated rings. The number of carbonyl (C=O) groups excluding carboxylic acids is 1. The fourth-order valence-corrected chi connectivity index (χ4v) is 1.83. The van der Waals surface area contributed by atoms with E-state index >= 15 is 0 Å². The van der Waals surface area contributed by atoms with Crippen LogP contribution in [0.15, 0.2) is 0 Å². The molecule has 0 aromatic rings. The van der Waals surface area contributed by atoms with Crippen LogP contribution in [0.4, 0.5) is 4.39 Å². The monoisotopic (exact) mass is 189 g/mol. The first-order chi connectivity index (χ1) is 6.19. The Morgan fingerprint density at radius 3 is 2.85 bits per heavy atom. The maximum absolute atomic E-state index is 12.0. The summed E-state index contributed by atoms with van der Waals surface area (Å²) in [6, 6.07) is 0. The molecule has 76 valence electrons. The van der Waals surface area contributed by atoms with Crippen molar-refractivity contribution in [2.45, 2.75) is 6.92 Å². The molecule has 1 aliphatic rings. The van der Waals surface area contributed by atoms with Crippen LogP contribution in [0.2, 0.25) is 0 Å². The molecule has 0 aromatic heterocycles. The number of nitrogens with zero attached hydrogens (tertiary/aromatic N) is 1. The number of alkyl halides is 1. The molecule has 1 aliphatic heterocycles. The molecule has 1 saturated heterocycles. The van der Waals surface area contributed by atoms with E-state index in [1.807, 2.05) is 11.8 Å². The fourth-order valence-electron chi connectivity index (χ4n) is 1.83. The van der Waals surface area contributed by atoms with Gasteiger partial charge in [0.1, 0.15) is 6.67 Å². The molecule has 0 radical (unpaired) electrons. The molecular weight excluding hydrogens is 173 g/mol. The molecule has 0 aromatic carbocycles. The van der Waals surface area contributed by atoms with Crippen molar-refractivity contribution in [2.75, 3.05) is 33.4 Å². The van der Waals surface area contributed by atoms with Gasteiger partial charge in [0, 0.05) is 19.6 Å².